The van der Waals surface area contributed by atoms with Crippen molar-refractivity contribution in [3.63, 3.8) is 0 Å². The number of benzene rings is 2. The molecule has 9 nitrogen and oxygen atoms in total. The first kappa shape index (κ1) is 19.2. The Morgan fingerprint density at radius 3 is 2.63 bits per heavy atom. The molecule has 9 heteroatoms. The predicted octanol–water partition coefficient (Wildman–Crippen LogP) is 3.46. The number of carbonyl (C=O) groups excluding carboxylic acids is 1. The lowest BCUT2D eigenvalue weighted by Gasteiger charge is -2.11. The molecule has 0 aliphatic carbocycles. The van der Waals surface area contributed by atoms with Crippen molar-refractivity contribution in [2.45, 2.75) is 13.8 Å². The van der Waals surface area contributed by atoms with Crippen molar-refractivity contribution in [3.8, 4) is 0 Å². The Bertz CT molecular complexity index is 1260. The lowest BCUT2D eigenvalue weighted by molar-refractivity contribution is 0.0956. The van der Waals surface area contributed by atoms with Crippen LogP contribution in [0.15, 0.2) is 57.9 Å². The molecule has 152 valence electrons. The highest BCUT2D eigenvalue weighted by Gasteiger charge is 2.08. The average Bonchev–Trinajstić information content (AvgIpc) is 3.10. The molecular formula is C21H20N6O3. The van der Waals surface area contributed by atoms with Gasteiger partial charge in [0.2, 0.25) is 5.95 Å². The number of aryl methyl sites for hydroxylation is 1. The SMILES string of the molecule is CCNC(=O)c1ccc(Nc2ncc(C)c(Nc3ccc4oc(=O)[nH]c4c3)n2)cc1. The Hall–Kier alpha value is -4.14. The van der Waals surface area contributed by atoms with Crippen molar-refractivity contribution in [3.05, 3.63) is 70.3 Å². The third kappa shape index (κ3) is 4.14. The highest BCUT2D eigenvalue weighted by atomic mass is 16.4. The smallest absolute Gasteiger partial charge is 0.408 e. The zero-order chi connectivity index (χ0) is 21.1. The van der Waals surface area contributed by atoms with E-state index < -0.39 is 5.76 Å². The standard InChI is InChI=1S/C21H20N6O3/c1-3-22-19(28)13-4-6-14(7-5-13)25-20-23-11-12(2)18(27-20)24-15-8-9-17-16(10-15)26-21(29)30-17/h4-11H,3H2,1-2H3,(H,22,28)(H,26,29)(H2,23,24,25,27). The molecule has 0 radical (unpaired) electrons. The molecule has 0 atom stereocenters. The zero-order valence-electron chi connectivity index (χ0n) is 16.4. The fourth-order valence-corrected chi connectivity index (χ4v) is 2.89. The van der Waals surface area contributed by atoms with E-state index in [4.69, 9.17) is 4.42 Å². The predicted molar refractivity (Wildman–Crippen MR) is 115 cm³/mol. The molecule has 2 aromatic heterocycles. The molecule has 4 N–H and O–H groups in total. The molecule has 0 unspecified atom stereocenters. The number of carbonyl (C=O) groups is 1. The first-order valence-electron chi connectivity index (χ1n) is 9.40. The second-order valence-electron chi connectivity index (χ2n) is 6.64. The van der Waals surface area contributed by atoms with Crippen LogP contribution in [0, 0.1) is 6.92 Å². The summed E-state index contributed by atoms with van der Waals surface area (Å²) in [5.41, 5.74) is 4.04. The summed E-state index contributed by atoms with van der Waals surface area (Å²) in [6.45, 7) is 4.35. The number of nitrogens with one attached hydrogen (secondary N) is 4. The van der Waals surface area contributed by atoms with Crippen molar-refractivity contribution in [1.82, 2.24) is 20.3 Å². The number of oxazole rings is 1. The van der Waals surface area contributed by atoms with Gasteiger partial charge >= 0.3 is 5.76 Å². The van der Waals surface area contributed by atoms with Gasteiger partial charge < -0.3 is 20.4 Å². The quantitative estimate of drug-likeness (QED) is 0.388. The van der Waals surface area contributed by atoms with E-state index in [0.717, 1.165) is 16.9 Å². The second-order valence-corrected chi connectivity index (χ2v) is 6.64. The molecule has 0 spiro atoms. The van der Waals surface area contributed by atoms with Gasteiger partial charge in [-0.25, -0.2) is 9.78 Å². The number of fused-ring (bicyclic) bond motifs is 1. The summed E-state index contributed by atoms with van der Waals surface area (Å²) in [6, 6.07) is 12.3. The number of nitrogens with zero attached hydrogens (tertiary/aromatic N) is 2. The minimum absolute atomic E-state index is 0.113. The van der Waals surface area contributed by atoms with Crippen LogP contribution in [0.4, 0.5) is 23.1 Å². The molecule has 4 rings (SSSR count). The van der Waals surface area contributed by atoms with Crippen LogP contribution in [0.25, 0.3) is 11.1 Å². The molecule has 0 aliphatic heterocycles. The maximum Gasteiger partial charge on any atom is 0.417 e. The number of aromatic nitrogens is 3. The molecule has 0 bridgehead atoms. The van der Waals surface area contributed by atoms with Gasteiger partial charge in [-0.2, -0.15) is 4.98 Å². The van der Waals surface area contributed by atoms with E-state index in [-0.39, 0.29) is 5.91 Å². The van der Waals surface area contributed by atoms with Gasteiger partial charge in [0.15, 0.2) is 5.58 Å². The van der Waals surface area contributed by atoms with Crippen molar-refractivity contribution >= 4 is 40.1 Å². The van der Waals surface area contributed by atoms with Crippen LogP contribution in [0.5, 0.6) is 0 Å². The second kappa shape index (κ2) is 8.08. The molecule has 2 heterocycles. The van der Waals surface area contributed by atoms with Crippen molar-refractivity contribution < 1.29 is 9.21 Å². The van der Waals surface area contributed by atoms with Crippen LogP contribution >= 0.6 is 0 Å². The number of rotatable bonds is 6. The minimum atomic E-state index is -0.495. The minimum Gasteiger partial charge on any atom is -0.408 e. The van der Waals surface area contributed by atoms with Crippen LogP contribution in [-0.4, -0.2) is 27.4 Å². The molecule has 0 fully saturated rings. The number of hydrogen-bond donors (Lipinski definition) is 4. The maximum atomic E-state index is 11.9. The molecule has 0 saturated carbocycles. The van der Waals surface area contributed by atoms with Gasteiger partial charge in [0.05, 0.1) is 5.52 Å². The lowest BCUT2D eigenvalue weighted by Crippen LogP contribution is -2.22. The first-order valence-corrected chi connectivity index (χ1v) is 9.40. The molecule has 0 saturated heterocycles. The van der Waals surface area contributed by atoms with Crippen molar-refractivity contribution in [2.75, 3.05) is 17.2 Å². The molecule has 2 aromatic carbocycles. The summed E-state index contributed by atoms with van der Waals surface area (Å²) >= 11 is 0. The lowest BCUT2D eigenvalue weighted by atomic mass is 10.2. The van der Waals surface area contributed by atoms with E-state index in [9.17, 15) is 9.59 Å². The van der Waals surface area contributed by atoms with Gasteiger partial charge in [-0.05, 0) is 56.3 Å². The largest absolute Gasteiger partial charge is 0.417 e. The van der Waals surface area contributed by atoms with Gasteiger partial charge in [0.25, 0.3) is 5.91 Å². The van der Waals surface area contributed by atoms with Crippen molar-refractivity contribution in [1.29, 1.82) is 0 Å². The maximum absolute atomic E-state index is 11.9. The summed E-state index contributed by atoms with van der Waals surface area (Å²) in [5, 5.41) is 9.12. The number of hydrogen-bond acceptors (Lipinski definition) is 7. The van der Waals surface area contributed by atoms with Gasteiger partial charge in [0.1, 0.15) is 5.82 Å². The monoisotopic (exact) mass is 404 g/mol. The summed E-state index contributed by atoms with van der Waals surface area (Å²) in [7, 11) is 0. The molecule has 0 aliphatic rings. The fraction of sp³-hybridized carbons (Fsp3) is 0.143. The van der Waals surface area contributed by atoms with E-state index in [1.807, 2.05) is 13.8 Å². The summed E-state index contributed by atoms with van der Waals surface area (Å²) < 4.78 is 5.02. The number of H-pyrrole nitrogens is 1. The Labute approximate surface area is 171 Å². The highest BCUT2D eigenvalue weighted by Crippen LogP contribution is 2.23. The first-order chi connectivity index (χ1) is 14.5. The number of aromatic amines is 1. The third-order valence-corrected chi connectivity index (χ3v) is 4.39. The third-order valence-electron chi connectivity index (χ3n) is 4.39. The molecule has 4 aromatic rings. The highest BCUT2D eigenvalue weighted by molar-refractivity contribution is 5.94. The summed E-state index contributed by atoms with van der Waals surface area (Å²) in [5.74, 6) is 0.423. The van der Waals surface area contributed by atoms with Gasteiger partial charge in [-0.15, -0.1) is 0 Å². The summed E-state index contributed by atoms with van der Waals surface area (Å²) in [6.07, 6.45) is 1.71. The Kier molecular flexibility index (Phi) is 5.17. The van der Waals surface area contributed by atoms with E-state index in [2.05, 4.69) is 30.9 Å². The Morgan fingerprint density at radius 1 is 1.10 bits per heavy atom. The van der Waals surface area contributed by atoms with Crippen LogP contribution in [0.2, 0.25) is 0 Å². The topological polar surface area (TPSA) is 125 Å². The molecule has 1 amide bonds. The van der Waals surface area contributed by atoms with Crippen molar-refractivity contribution in [2.24, 2.45) is 0 Å². The van der Waals surface area contributed by atoms with Gasteiger partial charge in [-0.3, -0.25) is 9.78 Å². The zero-order valence-corrected chi connectivity index (χ0v) is 16.4. The average molecular weight is 404 g/mol. The van der Waals surface area contributed by atoms with Gasteiger partial charge in [0, 0.05) is 35.2 Å². The van der Waals surface area contributed by atoms with Crippen LogP contribution in [-0.2, 0) is 0 Å². The number of amides is 1. The van der Waals surface area contributed by atoms with E-state index in [1.54, 1.807) is 48.7 Å². The number of anilines is 4. The van der Waals surface area contributed by atoms with Gasteiger partial charge in [-0.1, -0.05) is 0 Å². The normalized spacial score (nSPS) is 10.7. The molecule has 30 heavy (non-hydrogen) atoms. The Morgan fingerprint density at radius 2 is 1.87 bits per heavy atom. The van der Waals surface area contributed by atoms with E-state index in [1.165, 1.54) is 0 Å². The van der Waals surface area contributed by atoms with Crippen LogP contribution < -0.4 is 21.7 Å². The van der Waals surface area contributed by atoms with E-state index in [0.29, 0.717) is 35.0 Å². The fourth-order valence-electron chi connectivity index (χ4n) is 2.89. The summed E-state index contributed by atoms with van der Waals surface area (Å²) in [4.78, 5) is 34.7. The van der Waals surface area contributed by atoms with Crippen LogP contribution in [0.1, 0.15) is 22.8 Å². The molecular weight excluding hydrogens is 384 g/mol. The van der Waals surface area contributed by atoms with Crippen LogP contribution in [0.3, 0.4) is 0 Å². The van der Waals surface area contributed by atoms with E-state index >= 15 is 0 Å². The Balaban J connectivity index is 1.52.